The zero-order valence-corrected chi connectivity index (χ0v) is 12.1. The third kappa shape index (κ3) is 6.78. The van der Waals surface area contributed by atoms with E-state index in [4.69, 9.17) is 9.47 Å². The number of benzene rings is 1. The number of amides is 1. The van der Waals surface area contributed by atoms with Crippen LogP contribution in [0.15, 0.2) is 24.3 Å². The van der Waals surface area contributed by atoms with Crippen molar-refractivity contribution in [3.05, 3.63) is 24.3 Å². The van der Waals surface area contributed by atoms with Crippen molar-refractivity contribution >= 4 is 11.7 Å². The number of ether oxygens (including phenoxy) is 2. The van der Waals surface area contributed by atoms with Gasteiger partial charge in [-0.3, -0.25) is 9.59 Å². The van der Waals surface area contributed by atoms with Crippen molar-refractivity contribution in [3.8, 4) is 11.5 Å². The second-order valence-corrected chi connectivity index (χ2v) is 4.95. The fourth-order valence-corrected chi connectivity index (χ4v) is 1.33. The van der Waals surface area contributed by atoms with Crippen molar-refractivity contribution in [1.82, 2.24) is 5.32 Å². The molecular weight excluding hydrogens is 258 g/mol. The average molecular weight is 279 g/mol. The predicted octanol–water partition coefficient (Wildman–Crippen LogP) is 1.81. The zero-order valence-electron chi connectivity index (χ0n) is 12.1. The van der Waals surface area contributed by atoms with E-state index in [2.05, 4.69) is 5.32 Å². The molecule has 1 rings (SSSR count). The van der Waals surface area contributed by atoms with Crippen LogP contribution in [0.1, 0.15) is 20.8 Å². The van der Waals surface area contributed by atoms with Gasteiger partial charge in [0.2, 0.25) is 0 Å². The van der Waals surface area contributed by atoms with Crippen LogP contribution in [0.25, 0.3) is 0 Å². The van der Waals surface area contributed by atoms with E-state index in [0.29, 0.717) is 24.0 Å². The Balaban J connectivity index is 2.34. The first kappa shape index (κ1) is 16.0. The first-order valence-corrected chi connectivity index (χ1v) is 6.59. The Hall–Kier alpha value is -2.04. The topological polar surface area (TPSA) is 64.6 Å². The highest BCUT2D eigenvalue weighted by molar-refractivity contribution is 5.77. The van der Waals surface area contributed by atoms with E-state index in [1.54, 1.807) is 24.3 Å². The summed E-state index contributed by atoms with van der Waals surface area (Å²) in [5.74, 6) is 1.41. The van der Waals surface area contributed by atoms with Gasteiger partial charge in [0.25, 0.3) is 5.91 Å². The number of Topliss-reactive ketones (excluding diaryl/α,β-unsaturated/α-hetero) is 1. The van der Waals surface area contributed by atoms with Gasteiger partial charge in [-0.1, -0.05) is 13.8 Å². The monoisotopic (exact) mass is 279 g/mol. The standard InChI is InChI=1S/C15H21NO4/c1-11(2)8-16-15(18)10-20-14-6-4-13(5-7-14)19-9-12(3)17/h4-7,11H,8-10H2,1-3H3,(H,16,18). The minimum absolute atomic E-state index is 0.0135. The minimum Gasteiger partial charge on any atom is -0.486 e. The SMILES string of the molecule is CC(=O)COc1ccc(OCC(=O)NCC(C)C)cc1. The summed E-state index contributed by atoms with van der Waals surface area (Å²) in [5, 5.41) is 2.77. The Kier molecular flexibility index (Phi) is 6.56. The molecule has 5 nitrogen and oxygen atoms in total. The van der Waals surface area contributed by atoms with Gasteiger partial charge in [-0.25, -0.2) is 0 Å². The van der Waals surface area contributed by atoms with Crippen LogP contribution in [0.3, 0.4) is 0 Å². The molecule has 110 valence electrons. The number of ketones is 1. The molecule has 1 aromatic carbocycles. The largest absolute Gasteiger partial charge is 0.486 e. The van der Waals surface area contributed by atoms with Gasteiger partial charge in [-0.15, -0.1) is 0 Å². The van der Waals surface area contributed by atoms with Crippen LogP contribution in [0, 0.1) is 5.92 Å². The maximum absolute atomic E-state index is 11.5. The summed E-state index contributed by atoms with van der Waals surface area (Å²) in [6, 6.07) is 6.80. The van der Waals surface area contributed by atoms with Crippen LogP contribution in [-0.2, 0) is 9.59 Å². The van der Waals surface area contributed by atoms with Gasteiger partial charge in [-0.2, -0.15) is 0 Å². The third-order valence-electron chi connectivity index (χ3n) is 2.34. The van der Waals surface area contributed by atoms with Gasteiger partial charge in [0.15, 0.2) is 12.4 Å². The van der Waals surface area contributed by atoms with Gasteiger partial charge >= 0.3 is 0 Å². The van der Waals surface area contributed by atoms with Crippen molar-refractivity contribution in [2.45, 2.75) is 20.8 Å². The molecule has 0 aromatic heterocycles. The van der Waals surface area contributed by atoms with Gasteiger partial charge < -0.3 is 14.8 Å². The molecule has 1 aromatic rings. The van der Waals surface area contributed by atoms with Crippen LogP contribution in [0.4, 0.5) is 0 Å². The van der Waals surface area contributed by atoms with Crippen molar-refractivity contribution in [2.75, 3.05) is 19.8 Å². The highest BCUT2D eigenvalue weighted by atomic mass is 16.5. The van der Waals surface area contributed by atoms with E-state index >= 15 is 0 Å². The number of hydrogen-bond donors (Lipinski definition) is 1. The van der Waals surface area contributed by atoms with Crippen LogP contribution in [0.5, 0.6) is 11.5 Å². The number of carbonyl (C=O) groups excluding carboxylic acids is 2. The van der Waals surface area contributed by atoms with Gasteiger partial charge in [0.05, 0.1) is 0 Å². The Morgan fingerprint density at radius 2 is 1.55 bits per heavy atom. The number of hydrogen-bond acceptors (Lipinski definition) is 4. The number of nitrogens with one attached hydrogen (secondary N) is 1. The molecule has 0 spiro atoms. The molecule has 5 heteroatoms. The molecule has 1 N–H and O–H groups in total. The predicted molar refractivity (Wildman–Crippen MR) is 76.0 cm³/mol. The van der Waals surface area contributed by atoms with Crippen molar-refractivity contribution in [2.24, 2.45) is 5.92 Å². The minimum atomic E-state index is -0.143. The maximum Gasteiger partial charge on any atom is 0.257 e. The second-order valence-electron chi connectivity index (χ2n) is 4.95. The number of rotatable bonds is 8. The lowest BCUT2D eigenvalue weighted by atomic mass is 10.2. The molecule has 0 saturated carbocycles. The lowest BCUT2D eigenvalue weighted by Crippen LogP contribution is -2.31. The van der Waals surface area contributed by atoms with E-state index in [1.807, 2.05) is 13.8 Å². The lowest BCUT2D eigenvalue weighted by molar-refractivity contribution is -0.123. The second kappa shape index (κ2) is 8.19. The smallest absolute Gasteiger partial charge is 0.257 e. The summed E-state index contributed by atoms with van der Waals surface area (Å²) in [5.41, 5.74) is 0. The Bertz CT molecular complexity index is 440. The molecule has 0 bridgehead atoms. The van der Waals surface area contributed by atoms with Crippen LogP contribution in [-0.4, -0.2) is 31.4 Å². The lowest BCUT2D eigenvalue weighted by Gasteiger charge is -2.09. The van der Waals surface area contributed by atoms with Crippen LogP contribution < -0.4 is 14.8 Å². The summed E-state index contributed by atoms with van der Waals surface area (Å²) in [4.78, 5) is 22.2. The van der Waals surface area contributed by atoms with Crippen LogP contribution >= 0.6 is 0 Å². The fourth-order valence-electron chi connectivity index (χ4n) is 1.33. The van der Waals surface area contributed by atoms with Gasteiger partial charge in [0, 0.05) is 6.54 Å². The molecular formula is C15H21NO4. The first-order valence-electron chi connectivity index (χ1n) is 6.59. The molecule has 0 aliphatic heterocycles. The highest BCUT2D eigenvalue weighted by Crippen LogP contribution is 2.17. The molecule has 0 unspecified atom stereocenters. The van der Waals surface area contributed by atoms with Gasteiger partial charge in [-0.05, 0) is 37.1 Å². The maximum atomic E-state index is 11.5. The van der Waals surface area contributed by atoms with Gasteiger partial charge in [0.1, 0.15) is 18.1 Å². The Labute approximate surface area is 119 Å². The zero-order chi connectivity index (χ0) is 15.0. The molecule has 0 saturated heterocycles. The van der Waals surface area contributed by atoms with Crippen LogP contribution in [0.2, 0.25) is 0 Å². The van der Waals surface area contributed by atoms with E-state index in [-0.39, 0.29) is 24.9 Å². The quantitative estimate of drug-likeness (QED) is 0.788. The molecule has 20 heavy (non-hydrogen) atoms. The fraction of sp³-hybridized carbons (Fsp3) is 0.467. The summed E-state index contributed by atoms with van der Waals surface area (Å²) >= 11 is 0. The Morgan fingerprint density at radius 3 is 2.00 bits per heavy atom. The van der Waals surface area contributed by atoms with E-state index in [1.165, 1.54) is 6.92 Å². The molecule has 0 fully saturated rings. The number of carbonyl (C=O) groups is 2. The Morgan fingerprint density at radius 1 is 1.05 bits per heavy atom. The molecule has 0 atom stereocenters. The average Bonchev–Trinajstić information content (AvgIpc) is 2.41. The van der Waals surface area contributed by atoms with Crippen molar-refractivity contribution in [1.29, 1.82) is 0 Å². The first-order chi connectivity index (χ1) is 9.47. The van der Waals surface area contributed by atoms with E-state index in [0.717, 1.165) is 0 Å². The molecule has 0 aliphatic carbocycles. The van der Waals surface area contributed by atoms with E-state index < -0.39 is 0 Å². The highest BCUT2D eigenvalue weighted by Gasteiger charge is 2.04. The summed E-state index contributed by atoms with van der Waals surface area (Å²) in [6.07, 6.45) is 0. The molecule has 0 aliphatic rings. The normalized spacial score (nSPS) is 10.2. The van der Waals surface area contributed by atoms with E-state index in [9.17, 15) is 9.59 Å². The molecule has 1 amide bonds. The van der Waals surface area contributed by atoms with Crippen molar-refractivity contribution in [3.63, 3.8) is 0 Å². The van der Waals surface area contributed by atoms with Crippen molar-refractivity contribution < 1.29 is 19.1 Å². The third-order valence-corrected chi connectivity index (χ3v) is 2.34. The summed E-state index contributed by atoms with van der Waals surface area (Å²) < 4.78 is 10.6. The molecule has 0 radical (unpaired) electrons. The molecule has 0 heterocycles. The summed E-state index contributed by atoms with van der Waals surface area (Å²) in [6.45, 7) is 6.20. The summed E-state index contributed by atoms with van der Waals surface area (Å²) in [7, 11) is 0.